The lowest BCUT2D eigenvalue weighted by Crippen LogP contribution is -2.30. The summed E-state index contributed by atoms with van der Waals surface area (Å²) in [5, 5.41) is 0. The van der Waals surface area contributed by atoms with Gasteiger partial charge >= 0.3 is 17.9 Å². The van der Waals surface area contributed by atoms with Gasteiger partial charge in [0.1, 0.15) is 13.2 Å². The van der Waals surface area contributed by atoms with E-state index >= 15 is 0 Å². The van der Waals surface area contributed by atoms with Gasteiger partial charge in [-0.05, 0) is 57.8 Å². The highest BCUT2D eigenvalue weighted by Gasteiger charge is 2.19. The summed E-state index contributed by atoms with van der Waals surface area (Å²) >= 11 is 0. The highest BCUT2D eigenvalue weighted by molar-refractivity contribution is 5.71. The lowest BCUT2D eigenvalue weighted by molar-refractivity contribution is -0.167. The second-order valence-electron chi connectivity index (χ2n) is 16.0. The Balaban J connectivity index is 4.22. The molecular formula is C51H90O6. The zero-order valence-corrected chi connectivity index (χ0v) is 37.6. The number of hydrogen-bond acceptors (Lipinski definition) is 6. The van der Waals surface area contributed by atoms with Crippen molar-refractivity contribution in [1.29, 1.82) is 0 Å². The van der Waals surface area contributed by atoms with Gasteiger partial charge < -0.3 is 14.2 Å². The minimum absolute atomic E-state index is 0.0729. The van der Waals surface area contributed by atoms with Crippen molar-refractivity contribution in [3.8, 4) is 0 Å². The van der Waals surface area contributed by atoms with E-state index in [1.807, 2.05) is 0 Å². The first-order valence-electron chi connectivity index (χ1n) is 24.1. The molecule has 0 fully saturated rings. The molecule has 0 bridgehead atoms. The van der Waals surface area contributed by atoms with Crippen LogP contribution in [0, 0.1) is 0 Å². The van der Waals surface area contributed by atoms with Crippen molar-refractivity contribution < 1.29 is 28.6 Å². The third kappa shape index (κ3) is 44.3. The molecule has 6 nitrogen and oxygen atoms in total. The summed E-state index contributed by atoms with van der Waals surface area (Å²) in [5.41, 5.74) is 0. The maximum absolute atomic E-state index is 12.7. The Kier molecular flexibility index (Phi) is 43.9. The first kappa shape index (κ1) is 54.4. The highest BCUT2D eigenvalue weighted by Crippen LogP contribution is 2.15. The Hall–Kier alpha value is -2.63. The molecule has 0 N–H and O–H groups in total. The molecule has 0 aromatic carbocycles. The molecule has 0 spiro atoms. The molecule has 1 atom stereocenters. The number of carbonyl (C=O) groups excluding carboxylic acids is 3. The number of ether oxygens (including phenoxy) is 3. The van der Waals surface area contributed by atoms with Crippen molar-refractivity contribution in [3.05, 3.63) is 48.6 Å². The quantitative estimate of drug-likeness (QED) is 0.0265. The summed E-state index contributed by atoms with van der Waals surface area (Å²) in [6, 6.07) is 0. The molecule has 0 saturated carbocycles. The first-order chi connectivity index (χ1) is 28.0. The van der Waals surface area contributed by atoms with E-state index in [0.29, 0.717) is 19.3 Å². The normalized spacial score (nSPS) is 12.4. The van der Waals surface area contributed by atoms with Crippen LogP contribution >= 0.6 is 0 Å². The van der Waals surface area contributed by atoms with E-state index < -0.39 is 6.10 Å². The SMILES string of the molecule is CC/C=C\C/C=C\C/C=C\C/C=C\CCCCCCCCCCC(=O)OCC(COC(=O)CCCCCCCCCCC)OC(=O)CCCCCCCCCCC. The fraction of sp³-hybridized carbons (Fsp3) is 0.784. The summed E-state index contributed by atoms with van der Waals surface area (Å²) in [5.74, 6) is -0.884. The van der Waals surface area contributed by atoms with E-state index in [1.165, 1.54) is 109 Å². The maximum Gasteiger partial charge on any atom is 0.306 e. The first-order valence-corrected chi connectivity index (χ1v) is 24.1. The minimum Gasteiger partial charge on any atom is -0.462 e. The molecule has 0 saturated heterocycles. The Labute approximate surface area is 352 Å². The van der Waals surface area contributed by atoms with Gasteiger partial charge in [0.25, 0.3) is 0 Å². The molecule has 0 amide bonds. The molecule has 0 aromatic rings. The van der Waals surface area contributed by atoms with Crippen LogP contribution in [0.3, 0.4) is 0 Å². The average molecular weight is 799 g/mol. The van der Waals surface area contributed by atoms with Crippen LogP contribution in [0.25, 0.3) is 0 Å². The van der Waals surface area contributed by atoms with Gasteiger partial charge in [0, 0.05) is 19.3 Å². The zero-order chi connectivity index (χ0) is 41.5. The van der Waals surface area contributed by atoms with E-state index in [0.717, 1.165) is 89.9 Å². The van der Waals surface area contributed by atoms with Crippen molar-refractivity contribution >= 4 is 17.9 Å². The van der Waals surface area contributed by atoms with Gasteiger partial charge in [-0.15, -0.1) is 0 Å². The topological polar surface area (TPSA) is 78.9 Å². The number of allylic oxidation sites excluding steroid dienone is 8. The molecule has 6 heteroatoms. The minimum atomic E-state index is -0.769. The van der Waals surface area contributed by atoms with Crippen LogP contribution in [-0.4, -0.2) is 37.2 Å². The Morgan fingerprint density at radius 2 is 0.684 bits per heavy atom. The molecule has 0 radical (unpaired) electrons. The van der Waals surface area contributed by atoms with Crippen molar-refractivity contribution in [2.24, 2.45) is 0 Å². The van der Waals surface area contributed by atoms with E-state index in [-0.39, 0.29) is 31.1 Å². The van der Waals surface area contributed by atoms with Crippen LogP contribution in [-0.2, 0) is 28.6 Å². The average Bonchev–Trinajstić information content (AvgIpc) is 3.21. The molecule has 0 heterocycles. The number of hydrogen-bond donors (Lipinski definition) is 0. The van der Waals surface area contributed by atoms with E-state index in [2.05, 4.69) is 69.4 Å². The second kappa shape index (κ2) is 46.1. The van der Waals surface area contributed by atoms with E-state index in [4.69, 9.17) is 14.2 Å². The second-order valence-corrected chi connectivity index (χ2v) is 16.0. The predicted molar refractivity (Wildman–Crippen MR) is 242 cm³/mol. The van der Waals surface area contributed by atoms with Gasteiger partial charge in [0.2, 0.25) is 0 Å². The van der Waals surface area contributed by atoms with Gasteiger partial charge in [-0.25, -0.2) is 0 Å². The summed E-state index contributed by atoms with van der Waals surface area (Å²) < 4.78 is 16.7. The van der Waals surface area contributed by atoms with Crippen LogP contribution < -0.4 is 0 Å². The maximum atomic E-state index is 12.7. The molecular weight excluding hydrogens is 709 g/mol. The standard InChI is InChI=1S/C51H90O6/c1-4-7-10-13-16-19-20-21-22-23-24-25-26-27-28-29-30-33-35-38-41-44-50(53)56-47-48(57-51(54)45-42-39-36-32-18-15-12-9-6-3)46-55-49(52)43-40-37-34-31-17-14-11-8-5-2/h7,10,16,19,21-22,24-25,48H,4-6,8-9,11-15,17-18,20,23,26-47H2,1-3H3/b10-7-,19-16-,22-21-,25-24-. The van der Waals surface area contributed by atoms with Gasteiger partial charge in [-0.1, -0.05) is 211 Å². The molecule has 0 aliphatic carbocycles. The summed E-state index contributed by atoms with van der Waals surface area (Å²) in [7, 11) is 0. The van der Waals surface area contributed by atoms with Crippen molar-refractivity contribution in [2.45, 2.75) is 245 Å². The third-order valence-corrected chi connectivity index (χ3v) is 10.3. The highest BCUT2D eigenvalue weighted by atomic mass is 16.6. The summed E-state index contributed by atoms with van der Waals surface area (Å²) in [6.45, 7) is 6.48. The van der Waals surface area contributed by atoms with Crippen LogP contribution in [0.2, 0.25) is 0 Å². The van der Waals surface area contributed by atoms with Gasteiger partial charge in [0.15, 0.2) is 6.10 Å². The van der Waals surface area contributed by atoms with Crippen LogP contribution in [0.1, 0.15) is 239 Å². The molecule has 0 aromatic heterocycles. The van der Waals surface area contributed by atoms with Crippen molar-refractivity contribution in [1.82, 2.24) is 0 Å². The lowest BCUT2D eigenvalue weighted by atomic mass is 10.1. The molecule has 0 aliphatic heterocycles. The number of esters is 3. The van der Waals surface area contributed by atoms with Crippen molar-refractivity contribution in [2.75, 3.05) is 13.2 Å². The van der Waals surface area contributed by atoms with Gasteiger partial charge in [-0.2, -0.15) is 0 Å². The molecule has 1 unspecified atom stereocenters. The predicted octanol–water partition coefficient (Wildman–Crippen LogP) is 15.5. The fourth-order valence-electron chi connectivity index (χ4n) is 6.73. The molecule has 330 valence electrons. The summed E-state index contributed by atoms with van der Waals surface area (Å²) in [4.78, 5) is 37.7. The van der Waals surface area contributed by atoms with E-state index in [1.54, 1.807) is 0 Å². The van der Waals surface area contributed by atoms with Crippen LogP contribution in [0.15, 0.2) is 48.6 Å². The largest absolute Gasteiger partial charge is 0.462 e. The number of carbonyl (C=O) groups is 3. The van der Waals surface area contributed by atoms with Crippen molar-refractivity contribution in [3.63, 3.8) is 0 Å². The molecule has 0 rings (SSSR count). The van der Waals surface area contributed by atoms with E-state index in [9.17, 15) is 14.4 Å². The molecule has 57 heavy (non-hydrogen) atoms. The third-order valence-electron chi connectivity index (χ3n) is 10.3. The van der Waals surface area contributed by atoms with Crippen LogP contribution in [0.5, 0.6) is 0 Å². The monoisotopic (exact) mass is 799 g/mol. The fourth-order valence-corrected chi connectivity index (χ4v) is 6.73. The van der Waals surface area contributed by atoms with Gasteiger partial charge in [-0.3, -0.25) is 14.4 Å². The number of unbranched alkanes of at least 4 members (excludes halogenated alkanes) is 24. The Bertz CT molecular complexity index is 1010. The lowest BCUT2D eigenvalue weighted by Gasteiger charge is -2.18. The smallest absolute Gasteiger partial charge is 0.306 e. The Morgan fingerprint density at radius 3 is 1.07 bits per heavy atom. The summed E-state index contributed by atoms with van der Waals surface area (Å²) in [6.07, 6.45) is 53.9. The Morgan fingerprint density at radius 1 is 0.368 bits per heavy atom. The van der Waals surface area contributed by atoms with Gasteiger partial charge in [0.05, 0.1) is 0 Å². The number of rotatable bonds is 43. The van der Waals surface area contributed by atoms with Crippen LogP contribution in [0.4, 0.5) is 0 Å². The molecule has 0 aliphatic rings. The zero-order valence-electron chi connectivity index (χ0n) is 37.6.